The molecule has 6 nitrogen and oxygen atoms in total. The summed E-state index contributed by atoms with van der Waals surface area (Å²) in [5.41, 5.74) is 2.00. The monoisotopic (exact) mass is 319 g/mol. The minimum Gasteiger partial charge on any atom is -0.390 e. The molecule has 23 heavy (non-hydrogen) atoms. The molecule has 1 amide bonds. The Kier molecular flexibility index (Phi) is 3.63. The molecule has 5 aliphatic rings. The third kappa shape index (κ3) is 2.75. The fourth-order valence-electron chi connectivity index (χ4n) is 5.80. The molecule has 1 aliphatic heterocycles. The van der Waals surface area contributed by atoms with Gasteiger partial charge in [0.2, 0.25) is 5.91 Å². The van der Waals surface area contributed by atoms with E-state index in [1.54, 1.807) is 4.90 Å². The maximum Gasteiger partial charge on any atom is 0.239 e. The molecule has 126 valence electrons. The predicted octanol–water partition coefficient (Wildman–Crippen LogP) is 1.11. The van der Waals surface area contributed by atoms with Gasteiger partial charge in [0, 0.05) is 13.0 Å². The summed E-state index contributed by atoms with van der Waals surface area (Å²) >= 11 is 0. The van der Waals surface area contributed by atoms with E-state index >= 15 is 0 Å². The smallest absolute Gasteiger partial charge is 0.239 e. The van der Waals surface area contributed by atoms with Crippen LogP contribution < -0.4 is 5.48 Å². The van der Waals surface area contributed by atoms with E-state index < -0.39 is 5.60 Å². The number of nitrogens with one attached hydrogen (secondary N) is 1. The van der Waals surface area contributed by atoms with Crippen LogP contribution in [0.1, 0.15) is 51.4 Å². The first-order chi connectivity index (χ1) is 11.0. The lowest BCUT2D eigenvalue weighted by Crippen LogP contribution is -2.61. The van der Waals surface area contributed by atoms with Crippen molar-refractivity contribution < 1.29 is 14.7 Å². The molecule has 4 aliphatic carbocycles. The van der Waals surface area contributed by atoms with Gasteiger partial charge >= 0.3 is 0 Å². The number of carbonyl (C=O) groups excluding carboxylic acids is 1. The van der Waals surface area contributed by atoms with Crippen LogP contribution in [0, 0.1) is 23.2 Å². The molecule has 0 aromatic rings. The van der Waals surface area contributed by atoms with E-state index in [0.717, 1.165) is 38.5 Å². The number of nitriles is 1. The Hall–Kier alpha value is -1.16. The van der Waals surface area contributed by atoms with Crippen LogP contribution in [-0.4, -0.2) is 46.2 Å². The van der Waals surface area contributed by atoms with E-state index in [0.29, 0.717) is 24.8 Å². The standard InChI is InChI=1S/C17H25N3O3/c18-9-14-2-1-3-20(14)15(21)10-19-23-17-7-12-4-13(8-17)6-16(22,5-12)11-17/h12-14,19,22H,1-8,10-11H2/t12?,13?,14-,16?,17?/m0/s1. The van der Waals surface area contributed by atoms with Crippen molar-refractivity contribution >= 4 is 5.91 Å². The summed E-state index contributed by atoms with van der Waals surface area (Å²) in [6.45, 7) is 0.765. The minimum atomic E-state index is -0.559. The predicted molar refractivity (Wildman–Crippen MR) is 81.8 cm³/mol. The van der Waals surface area contributed by atoms with Crippen molar-refractivity contribution in [3.63, 3.8) is 0 Å². The van der Waals surface area contributed by atoms with Crippen LogP contribution in [0.3, 0.4) is 0 Å². The van der Waals surface area contributed by atoms with Gasteiger partial charge in [-0.3, -0.25) is 9.63 Å². The van der Waals surface area contributed by atoms with Crippen LogP contribution in [-0.2, 0) is 9.63 Å². The van der Waals surface area contributed by atoms with E-state index in [4.69, 9.17) is 10.1 Å². The van der Waals surface area contributed by atoms with Crippen molar-refractivity contribution in [3.8, 4) is 6.07 Å². The number of hydrogen-bond acceptors (Lipinski definition) is 5. The van der Waals surface area contributed by atoms with Crippen LogP contribution in [0.5, 0.6) is 0 Å². The van der Waals surface area contributed by atoms with Gasteiger partial charge in [-0.25, -0.2) is 0 Å². The van der Waals surface area contributed by atoms with Crippen molar-refractivity contribution in [1.29, 1.82) is 5.26 Å². The molecule has 5 rings (SSSR count). The number of hydrogen-bond donors (Lipinski definition) is 2. The molecule has 3 atom stereocenters. The maximum atomic E-state index is 12.2. The highest BCUT2D eigenvalue weighted by molar-refractivity contribution is 5.79. The molecule has 0 radical (unpaired) electrons. The molecule has 4 saturated carbocycles. The van der Waals surface area contributed by atoms with Gasteiger partial charge in [0.1, 0.15) is 12.6 Å². The van der Waals surface area contributed by atoms with E-state index in [1.165, 1.54) is 6.42 Å². The quantitative estimate of drug-likeness (QED) is 0.758. The summed E-state index contributed by atoms with van der Waals surface area (Å²) in [6.07, 6.45) is 7.34. The lowest BCUT2D eigenvalue weighted by molar-refractivity contribution is -0.241. The van der Waals surface area contributed by atoms with Crippen LogP contribution in [0.25, 0.3) is 0 Å². The lowest BCUT2D eigenvalue weighted by atomic mass is 9.52. The largest absolute Gasteiger partial charge is 0.390 e. The minimum absolute atomic E-state index is 0.0718. The van der Waals surface area contributed by atoms with Gasteiger partial charge < -0.3 is 10.0 Å². The van der Waals surface area contributed by atoms with Crippen molar-refractivity contribution in [2.45, 2.75) is 68.6 Å². The second kappa shape index (κ2) is 5.44. The van der Waals surface area contributed by atoms with Gasteiger partial charge in [-0.15, -0.1) is 0 Å². The summed E-state index contributed by atoms with van der Waals surface area (Å²) < 4.78 is 0. The average Bonchev–Trinajstić information content (AvgIpc) is 2.92. The Morgan fingerprint density at radius 3 is 2.74 bits per heavy atom. The fourth-order valence-corrected chi connectivity index (χ4v) is 5.80. The lowest BCUT2D eigenvalue weighted by Gasteiger charge is -2.59. The molecule has 2 N–H and O–H groups in total. The number of amides is 1. The normalized spacial score (nSPS) is 44.5. The van der Waals surface area contributed by atoms with Gasteiger partial charge in [0.15, 0.2) is 0 Å². The summed E-state index contributed by atoms with van der Waals surface area (Å²) in [5, 5.41) is 19.8. The number of carbonyl (C=O) groups is 1. The zero-order valence-electron chi connectivity index (χ0n) is 13.5. The molecule has 1 saturated heterocycles. The highest BCUT2D eigenvalue weighted by Gasteiger charge is 2.58. The second-order valence-electron chi connectivity index (χ2n) is 8.17. The third-order valence-corrected chi connectivity index (χ3v) is 6.21. The molecule has 2 unspecified atom stereocenters. The van der Waals surface area contributed by atoms with E-state index in [9.17, 15) is 9.90 Å². The molecule has 5 fully saturated rings. The van der Waals surface area contributed by atoms with Gasteiger partial charge in [-0.1, -0.05) is 0 Å². The molecule has 4 bridgehead atoms. The Bertz CT molecular complexity index is 530. The molecule has 6 heteroatoms. The van der Waals surface area contributed by atoms with Crippen molar-refractivity contribution in [2.75, 3.05) is 13.1 Å². The number of likely N-dealkylation sites (tertiary alicyclic amines) is 1. The Morgan fingerprint density at radius 2 is 2.09 bits per heavy atom. The van der Waals surface area contributed by atoms with Gasteiger partial charge in [-0.2, -0.15) is 10.7 Å². The van der Waals surface area contributed by atoms with Crippen molar-refractivity contribution in [2.24, 2.45) is 11.8 Å². The van der Waals surface area contributed by atoms with Gasteiger partial charge in [0.25, 0.3) is 0 Å². The first-order valence-corrected chi connectivity index (χ1v) is 8.83. The van der Waals surface area contributed by atoms with Crippen LogP contribution in [0.2, 0.25) is 0 Å². The van der Waals surface area contributed by atoms with E-state index in [1.807, 2.05) is 0 Å². The van der Waals surface area contributed by atoms with E-state index in [-0.39, 0.29) is 24.1 Å². The Morgan fingerprint density at radius 1 is 1.35 bits per heavy atom. The Labute approximate surface area is 136 Å². The molecule has 0 aromatic carbocycles. The second-order valence-corrected chi connectivity index (χ2v) is 8.17. The molecular formula is C17H25N3O3. The summed E-state index contributed by atoms with van der Waals surface area (Å²) in [4.78, 5) is 19.9. The maximum absolute atomic E-state index is 12.2. The number of hydroxylamine groups is 1. The van der Waals surface area contributed by atoms with Crippen LogP contribution in [0.4, 0.5) is 0 Å². The van der Waals surface area contributed by atoms with Crippen molar-refractivity contribution in [3.05, 3.63) is 0 Å². The summed E-state index contributed by atoms with van der Waals surface area (Å²) in [6, 6.07) is 1.90. The topological polar surface area (TPSA) is 85.6 Å². The Balaban J connectivity index is 1.33. The van der Waals surface area contributed by atoms with Crippen molar-refractivity contribution in [1.82, 2.24) is 10.4 Å². The fraction of sp³-hybridized carbons (Fsp3) is 0.882. The number of rotatable bonds is 4. The molecule has 0 spiro atoms. The molecule has 0 aromatic heterocycles. The zero-order valence-corrected chi connectivity index (χ0v) is 13.5. The number of nitrogens with zero attached hydrogens (tertiary/aromatic N) is 2. The van der Waals surface area contributed by atoms with Crippen LogP contribution >= 0.6 is 0 Å². The third-order valence-electron chi connectivity index (χ3n) is 6.21. The first-order valence-electron chi connectivity index (χ1n) is 8.83. The highest BCUT2D eigenvalue weighted by atomic mass is 16.7. The summed E-state index contributed by atoms with van der Waals surface area (Å²) in [5.74, 6) is 1.04. The SMILES string of the molecule is N#C[C@@H]1CCCN1C(=O)CNOC12CC3CC(CC(O)(C3)C1)C2. The molecular weight excluding hydrogens is 294 g/mol. The van der Waals surface area contributed by atoms with E-state index in [2.05, 4.69) is 11.5 Å². The van der Waals surface area contributed by atoms with Gasteiger partial charge in [-0.05, 0) is 56.8 Å². The highest BCUT2D eigenvalue weighted by Crippen LogP contribution is 2.58. The zero-order chi connectivity index (χ0) is 16.1. The van der Waals surface area contributed by atoms with Crippen LogP contribution in [0.15, 0.2) is 0 Å². The molecule has 1 heterocycles. The first kappa shape index (κ1) is 15.4. The number of aliphatic hydroxyl groups is 1. The average molecular weight is 319 g/mol. The summed E-state index contributed by atoms with van der Waals surface area (Å²) in [7, 11) is 0. The van der Waals surface area contributed by atoms with Gasteiger partial charge in [0.05, 0.1) is 17.3 Å².